The first-order valence-electron chi connectivity index (χ1n) is 11.5. The summed E-state index contributed by atoms with van der Waals surface area (Å²) in [7, 11) is 0. The smallest absolute Gasteiger partial charge is 0.401 e. The first kappa shape index (κ1) is 24.6. The zero-order chi connectivity index (χ0) is 24.3. The van der Waals surface area contributed by atoms with Crippen LogP contribution in [-0.4, -0.2) is 55.0 Å². The van der Waals surface area contributed by atoms with Gasteiger partial charge >= 0.3 is 6.18 Å². The van der Waals surface area contributed by atoms with E-state index in [0.29, 0.717) is 32.4 Å². The van der Waals surface area contributed by atoms with E-state index < -0.39 is 37.3 Å². The molecule has 0 unspecified atom stereocenters. The maximum Gasteiger partial charge on any atom is 0.401 e. The third-order valence-corrected chi connectivity index (χ3v) is 6.37. The molecule has 184 valence electrons. The molecule has 34 heavy (non-hydrogen) atoms. The lowest BCUT2D eigenvalue weighted by molar-refractivity contribution is -0.155. The van der Waals surface area contributed by atoms with Crippen LogP contribution in [0.2, 0.25) is 0 Å². The van der Waals surface area contributed by atoms with Gasteiger partial charge < -0.3 is 10.1 Å². The van der Waals surface area contributed by atoms with Crippen molar-refractivity contribution in [1.82, 2.24) is 15.2 Å². The number of ether oxygens (including phenoxy) is 1. The summed E-state index contributed by atoms with van der Waals surface area (Å²) in [6.07, 6.45) is -2.07. The molecule has 0 spiro atoms. The van der Waals surface area contributed by atoms with Crippen molar-refractivity contribution in [3.8, 4) is 5.88 Å². The highest BCUT2D eigenvalue weighted by Crippen LogP contribution is 2.49. The summed E-state index contributed by atoms with van der Waals surface area (Å²) >= 11 is 0. The fourth-order valence-electron chi connectivity index (χ4n) is 4.91. The maximum atomic E-state index is 15.1. The Hall–Kier alpha value is -2.52. The Labute approximate surface area is 195 Å². The molecular weight excluding hydrogens is 453 g/mol. The van der Waals surface area contributed by atoms with Gasteiger partial charge in [0.2, 0.25) is 5.88 Å². The molecule has 9 heteroatoms. The number of nitrogens with one attached hydrogen (secondary N) is 1. The Morgan fingerprint density at radius 2 is 2.00 bits per heavy atom. The van der Waals surface area contributed by atoms with Gasteiger partial charge in [0.15, 0.2) is 0 Å². The normalized spacial score (nSPS) is 20.4. The number of hydrogen-bond donors (Lipinski definition) is 1. The molecule has 0 fully saturated rings. The van der Waals surface area contributed by atoms with Gasteiger partial charge in [-0.05, 0) is 55.0 Å². The van der Waals surface area contributed by atoms with Crippen LogP contribution in [0.15, 0.2) is 42.1 Å². The van der Waals surface area contributed by atoms with Gasteiger partial charge in [-0.25, -0.2) is 9.37 Å². The van der Waals surface area contributed by atoms with Crippen molar-refractivity contribution in [2.45, 2.75) is 44.4 Å². The average molecular weight is 482 g/mol. The molecule has 2 atom stereocenters. The molecular formula is C25H28F5N3O. The molecule has 1 aromatic carbocycles. The van der Waals surface area contributed by atoms with Gasteiger partial charge in [-0.15, -0.1) is 0 Å². The van der Waals surface area contributed by atoms with Crippen LogP contribution >= 0.6 is 0 Å². The first-order chi connectivity index (χ1) is 16.3. The van der Waals surface area contributed by atoms with E-state index >= 15 is 4.39 Å². The Morgan fingerprint density at radius 1 is 1.21 bits per heavy atom. The van der Waals surface area contributed by atoms with E-state index in [1.807, 2.05) is 24.3 Å². The lowest BCUT2D eigenvalue weighted by atomic mass is 9.85. The molecule has 1 aromatic heterocycles. The number of halogens is 5. The van der Waals surface area contributed by atoms with E-state index in [4.69, 9.17) is 4.74 Å². The number of pyridine rings is 1. The fourth-order valence-corrected chi connectivity index (χ4v) is 4.91. The van der Waals surface area contributed by atoms with Crippen LogP contribution < -0.4 is 10.1 Å². The molecule has 0 saturated carbocycles. The van der Waals surface area contributed by atoms with Gasteiger partial charge in [-0.1, -0.05) is 24.3 Å². The highest BCUT2D eigenvalue weighted by molar-refractivity contribution is 5.79. The number of alkyl halides is 4. The van der Waals surface area contributed by atoms with Crippen molar-refractivity contribution >= 4 is 5.57 Å². The van der Waals surface area contributed by atoms with Crippen molar-refractivity contribution in [2.75, 3.05) is 32.9 Å². The van der Waals surface area contributed by atoms with Gasteiger partial charge in [0.25, 0.3) is 0 Å². The minimum absolute atomic E-state index is 0.131. The Balaban J connectivity index is 1.65. The third-order valence-electron chi connectivity index (χ3n) is 6.37. The van der Waals surface area contributed by atoms with Gasteiger partial charge in [0, 0.05) is 24.2 Å². The van der Waals surface area contributed by atoms with Crippen LogP contribution in [0.5, 0.6) is 5.88 Å². The molecule has 2 aliphatic rings. The Morgan fingerprint density at radius 3 is 2.76 bits per heavy atom. The summed E-state index contributed by atoms with van der Waals surface area (Å²) in [5.74, 6) is -0.519. The van der Waals surface area contributed by atoms with E-state index in [0.717, 1.165) is 28.5 Å². The first-order valence-corrected chi connectivity index (χ1v) is 11.5. The van der Waals surface area contributed by atoms with Gasteiger partial charge in [0.1, 0.15) is 12.4 Å². The highest BCUT2D eigenvalue weighted by atomic mass is 19.4. The standard InChI is InChI=1S/C25H28F5N3O/c1-16-11-19-18-6-3-2-5-17(18)12-20(19)24(33(16)15-25(28,29)30)21-13-23(32-14-22(21)27)34-10-9-31-8-4-7-26/h2-3,5-6,13-14,16,24,31H,4,7-12,15H2,1H3/t16-,24+/m1/s1. The topological polar surface area (TPSA) is 37.4 Å². The van der Waals surface area contributed by atoms with E-state index in [1.54, 1.807) is 6.92 Å². The number of nitrogens with zero attached hydrogens (tertiary/aromatic N) is 2. The molecule has 0 amide bonds. The summed E-state index contributed by atoms with van der Waals surface area (Å²) < 4.78 is 73.6. The predicted molar refractivity (Wildman–Crippen MR) is 120 cm³/mol. The molecule has 1 aliphatic carbocycles. The highest BCUT2D eigenvalue weighted by Gasteiger charge is 2.44. The van der Waals surface area contributed by atoms with E-state index in [9.17, 15) is 17.6 Å². The monoisotopic (exact) mass is 481 g/mol. The van der Waals surface area contributed by atoms with Crippen LogP contribution in [0.3, 0.4) is 0 Å². The summed E-state index contributed by atoms with van der Waals surface area (Å²) in [5, 5.41) is 3.02. The van der Waals surface area contributed by atoms with Crippen LogP contribution in [0.1, 0.15) is 42.5 Å². The molecule has 4 rings (SSSR count). The molecule has 1 N–H and O–H groups in total. The van der Waals surface area contributed by atoms with E-state index in [-0.39, 0.29) is 18.1 Å². The minimum Gasteiger partial charge on any atom is -0.476 e. The number of aromatic nitrogens is 1. The van der Waals surface area contributed by atoms with E-state index in [1.165, 1.54) is 11.0 Å². The molecule has 4 nitrogen and oxygen atoms in total. The van der Waals surface area contributed by atoms with Crippen molar-refractivity contribution < 1.29 is 26.7 Å². The lowest BCUT2D eigenvalue weighted by Gasteiger charge is -2.42. The summed E-state index contributed by atoms with van der Waals surface area (Å²) in [4.78, 5) is 5.31. The molecule has 0 radical (unpaired) electrons. The predicted octanol–water partition coefficient (Wildman–Crippen LogP) is 5.26. The lowest BCUT2D eigenvalue weighted by Crippen LogP contribution is -2.46. The second kappa shape index (κ2) is 10.4. The molecule has 2 aromatic rings. The largest absolute Gasteiger partial charge is 0.476 e. The van der Waals surface area contributed by atoms with Gasteiger partial charge in [0.05, 0.1) is 25.5 Å². The second-order valence-electron chi connectivity index (χ2n) is 8.77. The summed E-state index contributed by atoms with van der Waals surface area (Å²) in [6.45, 7) is 1.38. The number of benzene rings is 1. The SMILES string of the molecule is C[C@@H]1CC2=C(Cc3ccccc32)[C@@H](c2cc(OCCNCCCF)ncc2F)N1CC(F)(F)F. The van der Waals surface area contributed by atoms with Crippen LogP contribution in [0.25, 0.3) is 5.57 Å². The fraction of sp³-hybridized carbons (Fsp3) is 0.480. The van der Waals surface area contributed by atoms with Crippen LogP contribution in [-0.2, 0) is 6.42 Å². The van der Waals surface area contributed by atoms with Crippen molar-refractivity contribution in [1.29, 1.82) is 0 Å². The number of rotatable bonds is 9. The Bertz CT molecular complexity index is 1040. The average Bonchev–Trinajstić information content (AvgIpc) is 3.15. The van der Waals surface area contributed by atoms with Crippen LogP contribution in [0.4, 0.5) is 22.0 Å². The van der Waals surface area contributed by atoms with Crippen LogP contribution in [0, 0.1) is 5.82 Å². The minimum atomic E-state index is -4.43. The number of hydrogen-bond acceptors (Lipinski definition) is 4. The van der Waals surface area contributed by atoms with Crippen molar-refractivity contribution in [3.05, 3.63) is 64.6 Å². The summed E-state index contributed by atoms with van der Waals surface area (Å²) in [5.41, 5.74) is 4.01. The van der Waals surface area contributed by atoms with Gasteiger partial charge in [-0.3, -0.25) is 9.29 Å². The van der Waals surface area contributed by atoms with Crippen molar-refractivity contribution in [3.63, 3.8) is 0 Å². The van der Waals surface area contributed by atoms with E-state index in [2.05, 4.69) is 10.3 Å². The zero-order valence-corrected chi connectivity index (χ0v) is 19.0. The van der Waals surface area contributed by atoms with Gasteiger partial charge in [-0.2, -0.15) is 13.2 Å². The molecule has 1 aliphatic heterocycles. The maximum absolute atomic E-state index is 15.1. The molecule has 0 saturated heterocycles. The molecule has 0 bridgehead atoms. The number of fused-ring (bicyclic) bond motifs is 2. The van der Waals surface area contributed by atoms with Crippen molar-refractivity contribution in [2.24, 2.45) is 0 Å². The summed E-state index contributed by atoms with van der Waals surface area (Å²) in [6, 6.07) is 7.87. The second-order valence-corrected chi connectivity index (χ2v) is 8.77. The zero-order valence-electron chi connectivity index (χ0n) is 19.0. The Kier molecular flexibility index (Phi) is 7.52. The third kappa shape index (κ3) is 5.41. The quantitative estimate of drug-likeness (QED) is 0.392. The molecule has 2 heterocycles.